The molecule has 0 bridgehead atoms. The maximum Gasteiger partial charge on any atom is 0.344 e. The molecule has 0 saturated heterocycles. The van der Waals surface area contributed by atoms with Crippen LogP contribution in [0.5, 0.6) is 11.5 Å². The third kappa shape index (κ3) is 8.30. The Balaban J connectivity index is 1.97. The number of hydrogen-bond acceptors (Lipinski definition) is 3. The molecule has 0 aliphatic rings. The van der Waals surface area contributed by atoms with Crippen LogP contribution in [-0.4, -0.2) is 22.3 Å². The quantitative estimate of drug-likeness (QED) is 0.356. The fourth-order valence-corrected chi connectivity index (χ4v) is 4.25. The van der Waals surface area contributed by atoms with Gasteiger partial charge in [0.1, 0.15) is 11.5 Å². The first-order chi connectivity index (χ1) is 16.0. The molecule has 1 unspecified atom stereocenters. The first kappa shape index (κ1) is 28.7. The highest BCUT2D eigenvalue weighted by Gasteiger charge is 2.26. The fraction of sp³-hybridized carbons (Fsp3) is 0.581. The van der Waals surface area contributed by atoms with Crippen molar-refractivity contribution in [3.63, 3.8) is 0 Å². The molecule has 0 saturated carbocycles. The van der Waals surface area contributed by atoms with Crippen LogP contribution in [0.25, 0.3) is 0 Å². The molecule has 0 fully saturated rings. The van der Waals surface area contributed by atoms with Crippen molar-refractivity contribution in [1.82, 2.24) is 0 Å². The van der Waals surface area contributed by atoms with Gasteiger partial charge < -0.3 is 14.9 Å². The second-order valence-electron chi connectivity index (χ2n) is 12.9. The van der Waals surface area contributed by atoms with Gasteiger partial charge in [-0.15, -0.1) is 0 Å². The predicted molar refractivity (Wildman–Crippen MR) is 145 cm³/mol. The van der Waals surface area contributed by atoms with Crippen molar-refractivity contribution in [2.45, 2.75) is 117 Å². The van der Waals surface area contributed by atoms with Gasteiger partial charge in [0.15, 0.2) is 6.10 Å². The van der Waals surface area contributed by atoms with Gasteiger partial charge in [-0.1, -0.05) is 93.0 Å². The number of phenols is 1. The lowest BCUT2D eigenvalue weighted by molar-refractivity contribution is -0.145. The van der Waals surface area contributed by atoms with Crippen LogP contribution in [0.4, 0.5) is 0 Å². The molecule has 2 aromatic carbocycles. The molecular formula is C31H46O4. The second-order valence-corrected chi connectivity index (χ2v) is 12.9. The monoisotopic (exact) mass is 482 g/mol. The summed E-state index contributed by atoms with van der Waals surface area (Å²) in [6.07, 6.45) is 3.21. The van der Waals surface area contributed by atoms with Crippen LogP contribution in [-0.2, 0) is 27.5 Å². The molecule has 4 heteroatoms. The smallest absolute Gasteiger partial charge is 0.344 e. The lowest BCUT2D eigenvalue weighted by Gasteiger charge is -2.28. The molecular weight excluding hydrogens is 436 g/mol. The standard InChI is InChI=1S/C31H46O4/c1-29(2,3)22-15-17-23(18-16-22)35-26(28(33)34)14-12-10-11-13-21-19-24(30(4,5)6)27(32)25(20-21)31(7,8)9/h15-20,26,32H,10-14H2,1-9H3,(H,33,34). The molecule has 0 spiro atoms. The van der Waals surface area contributed by atoms with E-state index in [0.29, 0.717) is 17.9 Å². The Morgan fingerprint density at radius 3 is 1.74 bits per heavy atom. The molecule has 1 atom stereocenters. The van der Waals surface area contributed by atoms with Crippen molar-refractivity contribution in [2.24, 2.45) is 0 Å². The Labute approximate surface area is 212 Å². The van der Waals surface area contributed by atoms with Crippen molar-refractivity contribution in [3.8, 4) is 11.5 Å². The molecule has 35 heavy (non-hydrogen) atoms. The summed E-state index contributed by atoms with van der Waals surface area (Å²) >= 11 is 0. The van der Waals surface area contributed by atoms with Crippen LogP contribution < -0.4 is 4.74 Å². The summed E-state index contributed by atoms with van der Waals surface area (Å²) in [5, 5.41) is 20.6. The van der Waals surface area contributed by atoms with Gasteiger partial charge in [-0.3, -0.25) is 0 Å². The molecule has 2 N–H and O–H groups in total. The van der Waals surface area contributed by atoms with Crippen molar-refractivity contribution >= 4 is 5.97 Å². The summed E-state index contributed by atoms with van der Waals surface area (Å²) in [4.78, 5) is 11.8. The number of aromatic hydroxyl groups is 1. The maximum absolute atomic E-state index is 11.8. The zero-order valence-electron chi connectivity index (χ0n) is 23.3. The number of benzene rings is 2. The van der Waals surface area contributed by atoms with E-state index in [1.807, 2.05) is 24.3 Å². The van der Waals surface area contributed by atoms with E-state index in [0.717, 1.165) is 36.8 Å². The number of hydrogen-bond donors (Lipinski definition) is 2. The molecule has 2 rings (SSSR count). The van der Waals surface area contributed by atoms with E-state index < -0.39 is 12.1 Å². The largest absolute Gasteiger partial charge is 0.507 e. The lowest BCUT2D eigenvalue weighted by atomic mass is 9.78. The number of phenolic OH excluding ortho intramolecular Hbond substituents is 1. The number of aliphatic carboxylic acids is 1. The topological polar surface area (TPSA) is 66.8 Å². The van der Waals surface area contributed by atoms with Gasteiger partial charge in [-0.25, -0.2) is 4.79 Å². The molecule has 0 amide bonds. The third-order valence-electron chi connectivity index (χ3n) is 6.49. The number of carboxylic acids is 1. The number of ether oxygens (including phenoxy) is 1. The Bertz CT molecular complexity index is 948. The molecule has 0 aliphatic heterocycles. The highest BCUT2D eigenvalue weighted by atomic mass is 16.5. The van der Waals surface area contributed by atoms with Gasteiger partial charge in [0.25, 0.3) is 0 Å². The van der Waals surface area contributed by atoms with Crippen LogP contribution in [0, 0.1) is 0 Å². The van der Waals surface area contributed by atoms with Gasteiger partial charge in [0, 0.05) is 0 Å². The molecule has 0 aliphatic carbocycles. The molecule has 0 aromatic heterocycles. The SMILES string of the molecule is CC(C)(C)c1ccc(OC(CCCCCc2cc(C(C)(C)C)c(O)c(C(C)(C)C)c2)C(=O)O)cc1. The van der Waals surface area contributed by atoms with E-state index in [9.17, 15) is 15.0 Å². The minimum atomic E-state index is -0.923. The summed E-state index contributed by atoms with van der Waals surface area (Å²) in [7, 11) is 0. The molecule has 4 nitrogen and oxygen atoms in total. The van der Waals surface area contributed by atoms with Gasteiger partial charge in [-0.2, -0.15) is 0 Å². The van der Waals surface area contributed by atoms with E-state index >= 15 is 0 Å². The minimum Gasteiger partial charge on any atom is -0.507 e. The Hall–Kier alpha value is -2.49. The van der Waals surface area contributed by atoms with E-state index in [1.165, 1.54) is 11.1 Å². The summed E-state index contributed by atoms with van der Waals surface area (Å²) in [5.41, 5.74) is 4.14. The number of rotatable bonds is 9. The number of unbranched alkanes of at least 4 members (excludes halogenated alkanes) is 2. The van der Waals surface area contributed by atoms with E-state index in [2.05, 4.69) is 74.4 Å². The average Bonchev–Trinajstić information content (AvgIpc) is 2.71. The van der Waals surface area contributed by atoms with Crippen molar-refractivity contribution < 1.29 is 19.7 Å². The molecule has 194 valence electrons. The predicted octanol–water partition coefficient (Wildman–Crippen LogP) is 7.92. The van der Waals surface area contributed by atoms with Gasteiger partial charge in [0.05, 0.1) is 0 Å². The van der Waals surface area contributed by atoms with Crippen molar-refractivity contribution in [1.29, 1.82) is 0 Å². The molecule has 0 radical (unpaired) electrons. The van der Waals surface area contributed by atoms with E-state index in [-0.39, 0.29) is 16.2 Å². The van der Waals surface area contributed by atoms with Gasteiger partial charge in [-0.05, 0) is 76.3 Å². The van der Waals surface area contributed by atoms with Crippen LogP contribution in [0.2, 0.25) is 0 Å². The van der Waals surface area contributed by atoms with E-state index in [1.54, 1.807) is 0 Å². The van der Waals surface area contributed by atoms with Gasteiger partial charge in [0.2, 0.25) is 0 Å². The summed E-state index contributed by atoms with van der Waals surface area (Å²) in [6.45, 7) is 19.2. The van der Waals surface area contributed by atoms with Crippen LogP contribution in [0.1, 0.15) is 110 Å². The zero-order valence-corrected chi connectivity index (χ0v) is 23.3. The fourth-order valence-electron chi connectivity index (χ4n) is 4.25. The molecule has 0 heterocycles. The minimum absolute atomic E-state index is 0.0452. The second kappa shape index (κ2) is 11.1. The first-order valence-corrected chi connectivity index (χ1v) is 12.9. The number of carbonyl (C=O) groups is 1. The van der Waals surface area contributed by atoms with Gasteiger partial charge >= 0.3 is 5.97 Å². The normalized spacial score (nSPS) is 13.5. The first-order valence-electron chi connectivity index (χ1n) is 12.9. The Kier molecular flexibility index (Phi) is 9.08. The Morgan fingerprint density at radius 1 is 0.800 bits per heavy atom. The Morgan fingerprint density at radius 2 is 1.31 bits per heavy atom. The average molecular weight is 483 g/mol. The van der Waals surface area contributed by atoms with Crippen molar-refractivity contribution in [3.05, 3.63) is 58.7 Å². The number of carboxylic acid groups (broad SMARTS) is 1. The third-order valence-corrected chi connectivity index (χ3v) is 6.49. The van der Waals surface area contributed by atoms with Crippen molar-refractivity contribution in [2.75, 3.05) is 0 Å². The summed E-state index contributed by atoms with van der Waals surface area (Å²) < 4.78 is 5.80. The van der Waals surface area contributed by atoms with E-state index in [4.69, 9.17) is 4.74 Å². The van der Waals surface area contributed by atoms with Crippen LogP contribution in [0.3, 0.4) is 0 Å². The molecule has 2 aromatic rings. The summed E-state index contributed by atoms with van der Waals surface area (Å²) in [6, 6.07) is 12.0. The van der Waals surface area contributed by atoms with Crippen LogP contribution >= 0.6 is 0 Å². The zero-order chi connectivity index (χ0) is 26.6. The highest BCUT2D eigenvalue weighted by Crippen LogP contribution is 2.40. The number of aryl methyl sites for hydroxylation is 1. The lowest BCUT2D eigenvalue weighted by Crippen LogP contribution is -2.27. The highest BCUT2D eigenvalue weighted by molar-refractivity contribution is 5.72. The summed E-state index contributed by atoms with van der Waals surface area (Å²) in [5.74, 6) is 0.0812. The van der Waals surface area contributed by atoms with Crippen LogP contribution in [0.15, 0.2) is 36.4 Å². The maximum atomic E-state index is 11.8.